The molecule has 110 valence electrons. The maximum atomic E-state index is 11.9. The number of benzene rings is 1. The summed E-state index contributed by atoms with van der Waals surface area (Å²) < 4.78 is 0. The Balaban J connectivity index is 1.64. The number of likely N-dealkylation sites (tertiary alicyclic amines) is 1. The van der Waals surface area contributed by atoms with Gasteiger partial charge in [-0.1, -0.05) is 36.8 Å². The lowest BCUT2D eigenvalue weighted by molar-refractivity contribution is -0.122. The first-order valence-corrected chi connectivity index (χ1v) is 7.80. The van der Waals surface area contributed by atoms with Gasteiger partial charge in [-0.2, -0.15) is 0 Å². The van der Waals surface area contributed by atoms with E-state index in [9.17, 15) is 4.79 Å². The second-order valence-electron chi connectivity index (χ2n) is 5.74. The molecule has 1 fully saturated rings. The largest absolute Gasteiger partial charge is 0.356 e. The maximum absolute atomic E-state index is 11.9. The van der Waals surface area contributed by atoms with E-state index in [1.807, 2.05) is 18.2 Å². The number of piperidine rings is 1. The molecule has 0 bridgehead atoms. The van der Waals surface area contributed by atoms with Gasteiger partial charge < -0.3 is 10.2 Å². The molecule has 3 heteroatoms. The predicted octanol–water partition coefficient (Wildman–Crippen LogP) is 2.61. The van der Waals surface area contributed by atoms with Gasteiger partial charge in [0.2, 0.25) is 5.91 Å². The monoisotopic (exact) mass is 274 g/mol. The molecule has 20 heavy (non-hydrogen) atoms. The van der Waals surface area contributed by atoms with E-state index in [0.717, 1.165) is 26.1 Å². The number of carbonyl (C=O) groups excluding carboxylic acids is 1. The van der Waals surface area contributed by atoms with Gasteiger partial charge in [-0.25, -0.2) is 0 Å². The lowest BCUT2D eigenvalue weighted by atomic mass is 10.1. The van der Waals surface area contributed by atoms with E-state index in [2.05, 4.69) is 29.3 Å². The van der Waals surface area contributed by atoms with Crippen LogP contribution in [0.25, 0.3) is 0 Å². The smallest absolute Gasteiger partial charge is 0.221 e. The molecule has 0 saturated carbocycles. The summed E-state index contributed by atoms with van der Waals surface area (Å²) in [5.74, 6) is 0.180. The molecule has 1 heterocycles. The summed E-state index contributed by atoms with van der Waals surface area (Å²) in [6, 6.07) is 10.7. The number of rotatable bonds is 6. The van der Waals surface area contributed by atoms with Crippen LogP contribution in [0.2, 0.25) is 0 Å². The Kier molecular flexibility index (Phi) is 6.06. The molecule has 0 spiro atoms. The molecule has 3 nitrogen and oxygen atoms in total. The van der Waals surface area contributed by atoms with E-state index in [1.165, 1.54) is 24.8 Å². The number of amides is 1. The summed E-state index contributed by atoms with van der Waals surface area (Å²) in [4.78, 5) is 14.4. The van der Waals surface area contributed by atoms with Crippen molar-refractivity contribution in [2.24, 2.45) is 0 Å². The highest BCUT2D eigenvalue weighted by Crippen LogP contribution is 2.13. The molecular formula is C17H26N2O. The lowest BCUT2D eigenvalue weighted by Crippen LogP contribution is -2.40. The molecule has 1 aliphatic heterocycles. The molecule has 0 aliphatic carbocycles. The molecular weight excluding hydrogens is 248 g/mol. The quantitative estimate of drug-likeness (QED) is 0.865. The van der Waals surface area contributed by atoms with Crippen LogP contribution >= 0.6 is 0 Å². The first-order valence-electron chi connectivity index (χ1n) is 7.80. The van der Waals surface area contributed by atoms with Crippen molar-refractivity contribution < 1.29 is 4.79 Å². The van der Waals surface area contributed by atoms with E-state index >= 15 is 0 Å². The molecule has 1 amide bonds. The molecule has 1 aliphatic rings. The Hall–Kier alpha value is -1.35. The van der Waals surface area contributed by atoms with Gasteiger partial charge in [-0.05, 0) is 44.8 Å². The number of nitrogens with zero attached hydrogens (tertiary/aromatic N) is 1. The van der Waals surface area contributed by atoms with Gasteiger partial charge in [0.1, 0.15) is 0 Å². The van der Waals surface area contributed by atoms with Gasteiger partial charge in [0, 0.05) is 19.0 Å². The summed E-state index contributed by atoms with van der Waals surface area (Å²) in [5, 5.41) is 3.04. The summed E-state index contributed by atoms with van der Waals surface area (Å²) in [7, 11) is 0. The van der Waals surface area contributed by atoms with Crippen LogP contribution in [-0.4, -0.2) is 36.5 Å². The highest BCUT2D eigenvalue weighted by atomic mass is 16.1. The average molecular weight is 274 g/mol. The average Bonchev–Trinajstić information content (AvgIpc) is 2.49. The molecule has 1 saturated heterocycles. The van der Waals surface area contributed by atoms with Gasteiger partial charge in [0.15, 0.2) is 0 Å². The van der Waals surface area contributed by atoms with Crippen LogP contribution in [0.4, 0.5) is 0 Å². The van der Waals surface area contributed by atoms with Crippen molar-refractivity contribution in [3.63, 3.8) is 0 Å². The Labute approximate surface area is 122 Å². The molecule has 0 unspecified atom stereocenters. The second-order valence-corrected chi connectivity index (χ2v) is 5.74. The first kappa shape index (κ1) is 15.0. The van der Waals surface area contributed by atoms with Crippen LogP contribution in [0.3, 0.4) is 0 Å². The minimum Gasteiger partial charge on any atom is -0.356 e. The zero-order valence-electron chi connectivity index (χ0n) is 12.5. The Bertz CT molecular complexity index is 399. The molecule has 1 N–H and O–H groups in total. The Morgan fingerprint density at radius 2 is 1.90 bits per heavy atom. The summed E-state index contributed by atoms with van der Waals surface area (Å²) in [6.45, 7) is 5.20. The highest BCUT2D eigenvalue weighted by Gasteiger charge is 2.18. The normalized spacial score (nSPS) is 17.6. The van der Waals surface area contributed by atoms with Crippen LogP contribution in [0, 0.1) is 0 Å². The van der Waals surface area contributed by atoms with Crippen molar-refractivity contribution in [2.75, 3.05) is 19.6 Å². The summed E-state index contributed by atoms with van der Waals surface area (Å²) in [6.07, 6.45) is 5.42. The van der Waals surface area contributed by atoms with Crippen LogP contribution in [0.5, 0.6) is 0 Å². The summed E-state index contributed by atoms with van der Waals surface area (Å²) in [5.41, 5.74) is 1.27. The zero-order chi connectivity index (χ0) is 14.2. The van der Waals surface area contributed by atoms with Gasteiger partial charge in [0.25, 0.3) is 0 Å². The van der Waals surface area contributed by atoms with Crippen LogP contribution in [-0.2, 0) is 11.2 Å². The van der Waals surface area contributed by atoms with Gasteiger partial charge in [-0.15, -0.1) is 0 Å². The molecule has 1 aromatic rings. The number of hydrogen-bond donors (Lipinski definition) is 1. The van der Waals surface area contributed by atoms with Crippen molar-refractivity contribution in [1.29, 1.82) is 0 Å². The number of nitrogens with one attached hydrogen (secondary N) is 1. The molecule has 1 aromatic carbocycles. The predicted molar refractivity (Wildman–Crippen MR) is 82.7 cm³/mol. The maximum Gasteiger partial charge on any atom is 0.221 e. The topological polar surface area (TPSA) is 32.3 Å². The molecule has 2 rings (SSSR count). The third kappa shape index (κ3) is 4.97. The third-order valence-electron chi connectivity index (χ3n) is 4.07. The zero-order valence-corrected chi connectivity index (χ0v) is 12.5. The Morgan fingerprint density at radius 1 is 1.20 bits per heavy atom. The van der Waals surface area contributed by atoms with Crippen molar-refractivity contribution >= 4 is 5.91 Å². The van der Waals surface area contributed by atoms with Crippen molar-refractivity contribution in [3.05, 3.63) is 35.9 Å². The van der Waals surface area contributed by atoms with E-state index in [-0.39, 0.29) is 5.91 Å². The van der Waals surface area contributed by atoms with Gasteiger partial charge in [-0.3, -0.25) is 4.79 Å². The number of carbonyl (C=O) groups is 1. The second kappa shape index (κ2) is 8.05. The molecule has 0 radical (unpaired) electrons. The summed E-state index contributed by atoms with van der Waals surface area (Å²) >= 11 is 0. The van der Waals surface area contributed by atoms with E-state index in [0.29, 0.717) is 12.5 Å². The van der Waals surface area contributed by atoms with Crippen molar-refractivity contribution in [1.82, 2.24) is 10.2 Å². The van der Waals surface area contributed by atoms with Crippen LogP contribution in [0.1, 0.15) is 38.2 Å². The highest BCUT2D eigenvalue weighted by molar-refractivity contribution is 5.76. The van der Waals surface area contributed by atoms with E-state index in [4.69, 9.17) is 0 Å². The SMILES string of the molecule is C[C@@H](CC(=O)NCCc1ccccc1)N1CCCCC1. The van der Waals surface area contributed by atoms with Crippen molar-refractivity contribution in [3.8, 4) is 0 Å². The fourth-order valence-electron chi connectivity index (χ4n) is 2.82. The van der Waals surface area contributed by atoms with Crippen molar-refractivity contribution in [2.45, 2.75) is 45.1 Å². The minimum absolute atomic E-state index is 0.180. The number of hydrogen-bond acceptors (Lipinski definition) is 2. The van der Waals surface area contributed by atoms with Gasteiger partial charge in [0.05, 0.1) is 0 Å². The van der Waals surface area contributed by atoms with E-state index in [1.54, 1.807) is 0 Å². The fourth-order valence-corrected chi connectivity index (χ4v) is 2.82. The standard InChI is InChI=1S/C17H26N2O/c1-15(19-12-6-3-7-13-19)14-17(20)18-11-10-16-8-4-2-5-9-16/h2,4-5,8-9,15H,3,6-7,10-14H2,1H3,(H,18,20)/t15-/m0/s1. The first-order chi connectivity index (χ1) is 9.75. The molecule has 0 aromatic heterocycles. The third-order valence-corrected chi connectivity index (χ3v) is 4.07. The van der Waals surface area contributed by atoms with Crippen LogP contribution in [0.15, 0.2) is 30.3 Å². The van der Waals surface area contributed by atoms with Crippen LogP contribution < -0.4 is 5.32 Å². The van der Waals surface area contributed by atoms with Gasteiger partial charge >= 0.3 is 0 Å². The minimum atomic E-state index is 0.180. The Morgan fingerprint density at radius 3 is 2.60 bits per heavy atom. The molecule has 1 atom stereocenters. The fraction of sp³-hybridized carbons (Fsp3) is 0.588. The van der Waals surface area contributed by atoms with E-state index < -0.39 is 0 Å². The lowest BCUT2D eigenvalue weighted by Gasteiger charge is -2.31.